The Balaban J connectivity index is 2.08. The Kier molecular flexibility index (Phi) is 3.97. The molecule has 0 aliphatic carbocycles. The van der Waals surface area contributed by atoms with E-state index in [1.54, 1.807) is 6.07 Å². The molecule has 2 N–H and O–H groups in total. The van der Waals surface area contributed by atoms with Crippen molar-refractivity contribution in [2.75, 3.05) is 10.6 Å². The molecule has 0 atom stereocenters. The minimum atomic E-state index is -0.744. The maximum absolute atomic E-state index is 13.4. The highest BCUT2D eigenvalue weighted by Crippen LogP contribution is 2.19. The number of hydrogen-bond acceptors (Lipinski definition) is 1. The molecule has 2 amide bonds. The van der Waals surface area contributed by atoms with Crippen molar-refractivity contribution in [2.24, 2.45) is 0 Å². The Morgan fingerprint density at radius 3 is 2.21 bits per heavy atom. The van der Waals surface area contributed by atoms with E-state index >= 15 is 0 Å². The van der Waals surface area contributed by atoms with E-state index in [0.717, 1.165) is 6.07 Å². The number of halogens is 3. The third-order valence-corrected chi connectivity index (χ3v) is 2.54. The number of rotatable bonds is 2. The van der Waals surface area contributed by atoms with E-state index < -0.39 is 17.7 Å². The van der Waals surface area contributed by atoms with Crippen molar-refractivity contribution in [2.45, 2.75) is 0 Å². The SMILES string of the molecule is O=C(Nc1ccccc1F)Nc1ccc(Cl)cc1F. The third kappa shape index (κ3) is 3.42. The standard InChI is InChI=1S/C13H9ClF2N2O/c14-8-5-6-12(10(16)7-8)18-13(19)17-11-4-2-1-3-9(11)15/h1-7H,(H2,17,18,19). The summed E-state index contributed by atoms with van der Waals surface area (Å²) in [5.74, 6) is -1.24. The Labute approximate surface area is 113 Å². The largest absolute Gasteiger partial charge is 0.323 e. The second kappa shape index (κ2) is 5.67. The lowest BCUT2D eigenvalue weighted by Gasteiger charge is -2.09. The summed E-state index contributed by atoms with van der Waals surface area (Å²) in [5.41, 5.74) is -0.0346. The normalized spacial score (nSPS) is 10.1. The smallest absolute Gasteiger partial charge is 0.305 e. The average Bonchev–Trinajstić information content (AvgIpc) is 2.36. The lowest BCUT2D eigenvalue weighted by molar-refractivity contribution is 0.262. The lowest BCUT2D eigenvalue weighted by atomic mass is 10.3. The van der Waals surface area contributed by atoms with Gasteiger partial charge in [-0.05, 0) is 30.3 Å². The predicted molar refractivity (Wildman–Crippen MR) is 70.5 cm³/mol. The Morgan fingerprint density at radius 1 is 0.947 bits per heavy atom. The van der Waals surface area contributed by atoms with Gasteiger partial charge in [-0.15, -0.1) is 0 Å². The summed E-state index contributed by atoms with van der Waals surface area (Å²) in [7, 11) is 0. The fourth-order valence-corrected chi connectivity index (χ4v) is 1.59. The summed E-state index contributed by atoms with van der Waals surface area (Å²) < 4.78 is 26.7. The quantitative estimate of drug-likeness (QED) is 0.849. The van der Waals surface area contributed by atoms with Gasteiger partial charge in [0, 0.05) is 5.02 Å². The number of hydrogen-bond donors (Lipinski definition) is 2. The van der Waals surface area contributed by atoms with Gasteiger partial charge in [0.2, 0.25) is 0 Å². The van der Waals surface area contributed by atoms with Crippen LogP contribution >= 0.6 is 11.6 Å². The van der Waals surface area contributed by atoms with Crippen LogP contribution in [0.15, 0.2) is 42.5 Å². The summed E-state index contributed by atoms with van der Waals surface area (Å²) in [5, 5.41) is 4.76. The molecule has 6 heteroatoms. The molecule has 0 unspecified atom stereocenters. The number of para-hydroxylation sites is 1. The highest BCUT2D eigenvalue weighted by molar-refractivity contribution is 6.30. The van der Waals surface area contributed by atoms with Gasteiger partial charge in [-0.1, -0.05) is 23.7 Å². The zero-order valence-electron chi connectivity index (χ0n) is 9.58. The van der Waals surface area contributed by atoms with Crippen molar-refractivity contribution in [1.29, 1.82) is 0 Å². The van der Waals surface area contributed by atoms with Crippen molar-refractivity contribution < 1.29 is 13.6 Å². The topological polar surface area (TPSA) is 41.1 Å². The molecule has 2 aromatic rings. The van der Waals surface area contributed by atoms with E-state index in [0.29, 0.717) is 0 Å². The zero-order valence-corrected chi connectivity index (χ0v) is 10.3. The highest BCUT2D eigenvalue weighted by Gasteiger charge is 2.09. The van der Waals surface area contributed by atoms with Gasteiger partial charge in [-0.25, -0.2) is 13.6 Å². The molecule has 2 aromatic carbocycles. The van der Waals surface area contributed by atoms with Crippen molar-refractivity contribution in [3.63, 3.8) is 0 Å². The molecule has 0 radical (unpaired) electrons. The number of carbonyl (C=O) groups is 1. The van der Waals surface area contributed by atoms with Gasteiger partial charge in [0.15, 0.2) is 0 Å². The van der Waals surface area contributed by atoms with Crippen LogP contribution < -0.4 is 10.6 Å². The van der Waals surface area contributed by atoms with E-state index in [1.165, 1.54) is 30.3 Å². The number of nitrogens with one attached hydrogen (secondary N) is 2. The van der Waals surface area contributed by atoms with Crippen molar-refractivity contribution in [3.8, 4) is 0 Å². The molecule has 0 aliphatic rings. The van der Waals surface area contributed by atoms with E-state index in [4.69, 9.17) is 11.6 Å². The second-order valence-electron chi connectivity index (χ2n) is 3.68. The molecule has 0 saturated heterocycles. The van der Waals surface area contributed by atoms with Crippen LogP contribution in [-0.4, -0.2) is 6.03 Å². The van der Waals surface area contributed by atoms with Crippen LogP contribution in [0.5, 0.6) is 0 Å². The molecular weight excluding hydrogens is 274 g/mol. The Bertz CT molecular complexity index is 619. The van der Waals surface area contributed by atoms with E-state index in [1.807, 2.05) is 0 Å². The van der Waals surface area contributed by atoms with Gasteiger partial charge in [0.1, 0.15) is 11.6 Å². The van der Waals surface area contributed by atoms with E-state index in [9.17, 15) is 13.6 Å². The van der Waals surface area contributed by atoms with E-state index in [2.05, 4.69) is 10.6 Å². The fraction of sp³-hybridized carbons (Fsp3) is 0. The van der Waals surface area contributed by atoms with E-state index in [-0.39, 0.29) is 16.4 Å². The summed E-state index contributed by atoms with van der Waals surface area (Å²) in [6, 6.07) is 8.75. The first-order valence-electron chi connectivity index (χ1n) is 5.34. The average molecular weight is 283 g/mol. The summed E-state index contributed by atoms with van der Waals surface area (Å²) in [4.78, 5) is 11.6. The van der Waals surface area contributed by atoms with Crippen LogP contribution in [-0.2, 0) is 0 Å². The first-order valence-corrected chi connectivity index (χ1v) is 5.71. The third-order valence-electron chi connectivity index (χ3n) is 2.30. The minimum Gasteiger partial charge on any atom is -0.305 e. The molecule has 0 fully saturated rings. The number of urea groups is 1. The molecule has 0 aliphatic heterocycles. The van der Waals surface area contributed by atoms with Crippen molar-refractivity contribution in [3.05, 3.63) is 59.1 Å². The van der Waals surface area contributed by atoms with Gasteiger partial charge in [0.05, 0.1) is 11.4 Å². The van der Waals surface area contributed by atoms with Crippen LogP contribution in [0.3, 0.4) is 0 Å². The van der Waals surface area contributed by atoms with Gasteiger partial charge >= 0.3 is 6.03 Å². The first kappa shape index (κ1) is 13.3. The molecule has 0 saturated carbocycles. The molecular formula is C13H9ClF2N2O. The van der Waals surface area contributed by atoms with Gasteiger partial charge in [0.25, 0.3) is 0 Å². The summed E-state index contributed by atoms with van der Waals surface area (Å²) >= 11 is 5.59. The Hall–Kier alpha value is -2.14. The molecule has 0 heterocycles. The van der Waals surface area contributed by atoms with Crippen molar-refractivity contribution in [1.82, 2.24) is 0 Å². The minimum absolute atomic E-state index is 0.00868. The maximum Gasteiger partial charge on any atom is 0.323 e. The second-order valence-corrected chi connectivity index (χ2v) is 4.12. The number of anilines is 2. The number of benzene rings is 2. The zero-order chi connectivity index (χ0) is 13.8. The van der Waals surface area contributed by atoms with Crippen LogP contribution in [0.4, 0.5) is 25.0 Å². The molecule has 2 rings (SSSR count). The van der Waals surface area contributed by atoms with Crippen molar-refractivity contribution >= 4 is 29.0 Å². The lowest BCUT2D eigenvalue weighted by Crippen LogP contribution is -2.20. The molecule has 19 heavy (non-hydrogen) atoms. The molecule has 0 bridgehead atoms. The van der Waals surface area contributed by atoms with Crippen LogP contribution in [0, 0.1) is 11.6 Å². The molecule has 98 valence electrons. The molecule has 3 nitrogen and oxygen atoms in total. The molecule has 0 spiro atoms. The van der Waals surface area contributed by atoms with Crippen LogP contribution in [0.1, 0.15) is 0 Å². The summed E-state index contributed by atoms with van der Waals surface area (Å²) in [6.45, 7) is 0. The van der Waals surface area contributed by atoms with Gasteiger partial charge in [-0.3, -0.25) is 0 Å². The van der Waals surface area contributed by atoms with Gasteiger partial charge < -0.3 is 10.6 Å². The predicted octanol–water partition coefficient (Wildman–Crippen LogP) is 4.26. The first-order chi connectivity index (χ1) is 9.06. The van der Waals surface area contributed by atoms with Gasteiger partial charge in [-0.2, -0.15) is 0 Å². The highest BCUT2D eigenvalue weighted by atomic mass is 35.5. The summed E-state index contributed by atoms with van der Waals surface area (Å²) in [6.07, 6.45) is 0. The number of carbonyl (C=O) groups excluding carboxylic acids is 1. The molecule has 0 aromatic heterocycles. The fourth-order valence-electron chi connectivity index (χ4n) is 1.43. The number of amides is 2. The van der Waals surface area contributed by atoms with Crippen LogP contribution in [0.2, 0.25) is 5.02 Å². The maximum atomic E-state index is 13.4. The van der Waals surface area contributed by atoms with Crippen LogP contribution in [0.25, 0.3) is 0 Å². The monoisotopic (exact) mass is 282 g/mol. The Morgan fingerprint density at radius 2 is 1.58 bits per heavy atom.